The molecule has 98 valence electrons. The van der Waals surface area contributed by atoms with E-state index in [0.717, 1.165) is 15.7 Å². The van der Waals surface area contributed by atoms with E-state index in [9.17, 15) is 9.50 Å². The SMILES string of the molecule is OCC1(F)Cc2ccc(Br)cc2N2CCOCC21. The normalized spacial score (nSPS) is 30.8. The minimum absolute atomic E-state index is 0.247. The first-order valence-electron chi connectivity index (χ1n) is 6.07. The minimum Gasteiger partial charge on any atom is -0.393 e. The Kier molecular flexibility index (Phi) is 3.08. The molecule has 2 aliphatic heterocycles. The first kappa shape index (κ1) is 12.4. The zero-order valence-corrected chi connectivity index (χ0v) is 11.5. The number of benzene rings is 1. The maximum Gasteiger partial charge on any atom is 0.160 e. The summed E-state index contributed by atoms with van der Waals surface area (Å²) in [5.41, 5.74) is 0.397. The molecule has 18 heavy (non-hydrogen) atoms. The molecule has 1 aromatic rings. The summed E-state index contributed by atoms with van der Waals surface area (Å²) < 4.78 is 21.2. The van der Waals surface area contributed by atoms with Crippen LogP contribution in [0.2, 0.25) is 0 Å². The number of alkyl halides is 1. The number of hydrogen-bond donors (Lipinski definition) is 1. The molecule has 1 fully saturated rings. The highest BCUT2D eigenvalue weighted by Gasteiger charge is 2.48. The molecule has 2 heterocycles. The highest BCUT2D eigenvalue weighted by molar-refractivity contribution is 9.10. The van der Waals surface area contributed by atoms with Crippen molar-refractivity contribution in [3.8, 4) is 0 Å². The molecule has 2 aliphatic rings. The van der Waals surface area contributed by atoms with Crippen molar-refractivity contribution in [3.05, 3.63) is 28.2 Å². The molecular weight excluding hydrogens is 301 g/mol. The summed E-state index contributed by atoms with van der Waals surface area (Å²) in [6.07, 6.45) is 0.247. The van der Waals surface area contributed by atoms with Crippen LogP contribution in [0.4, 0.5) is 10.1 Å². The summed E-state index contributed by atoms with van der Waals surface area (Å²) in [7, 11) is 0. The third-order valence-corrected chi connectivity index (χ3v) is 4.32. The molecule has 2 atom stereocenters. The molecule has 0 amide bonds. The van der Waals surface area contributed by atoms with Crippen LogP contribution in [0, 0.1) is 0 Å². The Balaban J connectivity index is 2.08. The largest absolute Gasteiger partial charge is 0.393 e. The quantitative estimate of drug-likeness (QED) is 0.859. The van der Waals surface area contributed by atoms with E-state index in [2.05, 4.69) is 15.9 Å². The van der Waals surface area contributed by atoms with Crippen LogP contribution < -0.4 is 4.90 Å². The van der Waals surface area contributed by atoms with Gasteiger partial charge in [-0.05, 0) is 17.7 Å². The molecule has 1 aromatic carbocycles. The van der Waals surface area contributed by atoms with E-state index in [0.29, 0.717) is 19.8 Å². The van der Waals surface area contributed by atoms with E-state index in [4.69, 9.17) is 4.74 Å². The van der Waals surface area contributed by atoms with Gasteiger partial charge in [0, 0.05) is 23.1 Å². The van der Waals surface area contributed by atoms with Crippen molar-refractivity contribution < 1.29 is 14.2 Å². The highest BCUT2D eigenvalue weighted by atomic mass is 79.9. The number of hydrogen-bond acceptors (Lipinski definition) is 3. The summed E-state index contributed by atoms with van der Waals surface area (Å²) in [6, 6.07) is 5.47. The molecule has 0 aliphatic carbocycles. The standard InChI is InChI=1S/C13H15BrFNO2/c14-10-2-1-9-6-13(15,8-17)12-7-18-4-3-16(12)11(9)5-10/h1-2,5,12,17H,3-4,6-8H2. The molecule has 1 saturated heterocycles. The van der Waals surface area contributed by atoms with Crippen molar-refractivity contribution in [2.45, 2.75) is 18.1 Å². The third kappa shape index (κ3) is 1.85. The molecular formula is C13H15BrFNO2. The average Bonchev–Trinajstić information content (AvgIpc) is 2.40. The fourth-order valence-electron chi connectivity index (χ4n) is 2.87. The summed E-state index contributed by atoms with van der Waals surface area (Å²) in [5.74, 6) is 0. The van der Waals surface area contributed by atoms with Gasteiger partial charge >= 0.3 is 0 Å². The van der Waals surface area contributed by atoms with Crippen LogP contribution in [0.25, 0.3) is 0 Å². The van der Waals surface area contributed by atoms with Crippen LogP contribution in [0.5, 0.6) is 0 Å². The van der Waals surface area contributed by atoms with E-state index in [1.165, 1.54) is 0 Å². The van der Waals surface area contributed by atoms with Crippen molar-refractivity contribution in [3.63, 3.8) is 0 Å². The minimum atomic E-state index is -1.61. The topological polar surface area (TPSA) is 32.7 Å². The molecule has 0 aromatic heterocycles. The molecule has 2 unspecified atom stereocenters. The molecule has 0 radical (unpaired) electrons. The number of anilines is 1. The Bertz CT molecular complexity index is 470. The number of ether oxygens (including phenoxy) is 1. The van der Waals surface area contributed by atoms with E-state index in [1.807, 2.05) is 23.1 Å². The first-order chi connectivity index (χ1) is 8.64. The lowest BCUT2D eigenvalue weighted by Gasteiger charge is -2.48. The number of morpholine rings is 1. The zero-order valence-electron chi connectivity index (χ0n) is 9.90. The summed E-state index contributed by atoms with van der Waals surface area (Å²) in [5, 5.41) is 9.40. The number of fused-ring (bicyclic) bond motifs is 3. The first-order valence-corrected chi connectivity index (χ1v) is 6.86. The van der Waals surface area contributed by atoms with E-state index < -0.39 is 18.3 Å². The molecule has 3 nitrogen and oxygen atoms in total. The monoisotopic (exact) mass is 315 g/mol. The second kappa shape index (κ2) is 4.47. The lowest BCUT2D eigenvalue weighted by Crippen LogP contribution is -2.62. The molecule has 1 N–H and O–H groups in total. The highest BCUT2D eigenvalue weighted by Crippen LogP contribution is 2.40. The Morgan fingerprint density at radius 3 is 3.17 bits per heavy atom. The number of rotatable bonds is 1. The lowest BCUT2D eigenvalue weighted by atomic mass is 9.83. The average molecular weight is 316 g/mol. The van der Waals surface area contributed by atoms with Gasteiger partial charge in [0.25, 0.3) is 0 Å². The maximum absolute atomic E-state index is 14.8. The Labute approximate surface area is 114 Å². The summed E-state index contributed by atoms with van der Waals surface area (Å²) in [4.78, 5) is 2.03. The van der Waals surface area contributed by atoms with Gasteiger partial charge in [0.2, 0.25) is 0 Å². The summed E-state index contributed by atoms with van der Waals surface area (Å²) >= 11 is 3.45. The van der Waals surface area contributed by atoms with Gasteiger partial charge < -0.3 is 14.7 Å². The fourth-order valence-corrected chi connectivity index (χ4v) is 3.22. The van der Waals surface area contributed by atoms with Crippen molar-refractivity contribution in [2.24, 2.45) is 0 Å². The van der Waals surface area contributed by atoms with Crippen LogP contribution in [0.3, 0.4) is 0 Å². The number of nitrogens with zero attached hydrogens (tertiary/aromatic N) is 1. The zero-order chi connectivity index (χ0) is 12.8. The van der Waals surface area contributed by atoms with Gasteiger partial charge in [0.05, 0.1) is 25.9 Å². The molecule has 0 bridgehead atoms. The van der Waals surface area contributed by atoms with E-state index in [-0.39, 0.29) is 6.42 Å². The summed E-state index contributed by atoms with van der Waals surface area (Å²) in [6.45, 7) is 1.14. The molecule has 0 saturated carbocycles. The molecule has 0 spiro atoms. The van der Waals surface area contributed by atoms with Crippen LogP contribution >= 0.6 is 15.9 Å². The van der Waals surface area contributed by atoms with Gasteiger partial charge in [-0.3, -0.25) is 0 Å². The fraction of sp³-hybridized carbons (Fsp3) is 0.538. The smallest absolute Gasteiger partial charge is 0.160 e. The maximum atomic E-state index is 14.8. The molecule has 3 rings (SSSR count). The Hall–Kier alpha value is -0.650. The van der Waals surface area contributed by atoms with Gasteiger partial charge in [-0.1, -0.05) is 22.0 Å². The van der Waals surface area contributed by atoms with Crippen molar-refractivity contribution in [1.82, 2.24) is 0 Å². The van der Waals surface area contributed by atoms with Crippen LogP contribution in [-0.2, 0) is 11.2 Å². The van der Waals surface area contributed by atoms with Crippen molar-refractivity contribution in [2.75, 3.05) is 31.3 Å². The molecule has 5 heteroatoms. The van der Waals surface area contributed by atoms with Gasteiger partial charge in [-0.15, -0.1) is 0 Å². The second-order valence-electron chi connectivity index (χ2n) is 4.93. The number of aliphatic hydroxyl groups is 1. The van der Waals surface area contributed by atoms with Crippen LogP contribution in [0.1, 0.15) is 5.56 Å². The predicted octanol–water partition coefficient (Wildman–Crippen LogP) is 1.91. The van der Waals surface area contributed by atoms with Crippen molar-refractivity contribution in [1.29, 1.82) is 0 Å². The van der Waals surface area contributed by atoms with E-state index >= 15 is 0 Å². The van der Waals surface area contributed by atoms with Crippen LogP contribution in [-0.4, -0.2) is 43.2 Å². The van der Waals surface area contributed by atoms with Crippen molar-refractivity contribution >= 4 is 21.6 Å². The lowest BCUT2D eigenvalue weighted by molar-refractivity contribution is -0.0173. The van der Waals surface area contributed by atoms with Gasteiger partial charge in [-0.2, -0.15) is 0 Å². The number of aliphatic hydroxyl groups excluding tert-OH is 1. The third-order valence-electron chi connectivity index (χ3n) is 3.83. The van der Waals surface area contributed by atoms with Gasteiger partial charge in [-0.25, -0.2) is 4.39 Å². The van der Waals surface area contributed by atoms with Crippen LogP contribution in [0.15, 0.2) is 22.7 Å². The Morgan fingerprint density at radius 2 is 2.39 bits per heavy atom. The van der Waals surface area contributed by atoms with Gasteiger partial charge in [0.15, 0.2) is 5.67 Å². The Morgan fingerprint density at radius 1 is 1.56 bits per heavy atom. The van der Waals surface area contributed by atoms with E-state index in [1.54, 1.807) is 0 Å². The van der Waals surface area contributed by atoms with Gasteiger partial charge in [0.1, 0.15) is 0 Å². The predicted molar refractivity (Wildman–Crippen MR) is 70.7 cm³/mol. The number of halogens is 2. The second-order valence-corrected chi connectivity index (χ2v) is 5.84.